The molecule has 1 atom stereocenters. The van der Waals surface area contributed by atoms with Crippen molar-refractivity contribution in [2.24, 2.45) is 4.99 Å². The molecule has 1 fully saturated rings. The van der Waals surface area contributed by atoms with Crippen LogP contribution in [-0.2, 0) is 4.74 Å². The van der Waals surface area contributed by atoms with Gasteiger partial charge in [0, 0.05) is 29.9 Å². The molecule has 130 valence electrons. The van der Waals surface area contributed by atoms with Crippen LogP contribution in [0.3, 0.4) is 0 Å². The minimum atomic E-state index is -0.480. The van der Waals surface area contributed by atoms with E-state index >= 15 is 0 Å². The van der Waals surface area contributed by atoms with Gasteiger partial charge in [-0.2, -0.15) is 0 Å². The lowest BCUT2D eigenvalue weighted by Crippen LogP contribution is -2.47. The molecule has 7 nitrogen and oxygen atoms in total. The molecule has 0 amide bonds. The number of hydrogen-bond acceptors (Lipinski definition) is 6. The number of aromatic nitrogens is 2. The molecule has 8 heteroatoms. The molecule has 2 aromatic rings. The summed E-state index contributed by atoms with van der Waals surface area (Å²) in [5.41, 5.74) is 1.41. The van der Waals surface area contributed by atoms with Gasteiger partial charge in [0.1, 0.15) is 0 Å². The summed E-state index contributed by atoms with van der Waals surface area (Å²) >= 11 is 6.00. The third-order valence-electron chi connectivity index (χ3n) is 4.27. The molecule has 0 aliphatic carbocycles. The maximum Gasteiger partial charge on any atom is 0.257 e. The van der Waals surface area contributed by atoms with Gasteiger partial charge in [-0.15, -0.1) is 0 Å². The Morgan fingerprint density at radius 2 is 1.96 bits per heavy atom. The number of rotatable bonds is 1. The molecule has 25 heavy (non-hydrogen) atoms. The Balaban J connectivity index is 1.82. The van der Waals surface area contributed by atoms with Crippen LogP contribution in [0.25, 0.3) is 0 Å². The summed E-state index contributed by atoms with van der Waals surface area (Å²) in [6, 6.07) is 8.89. The Labute approximate surface area is 149 Å². The van der Waals surface area contributed by atoms with E-state index in [0.717, 1.165) is 18.7 Å². The Morgan fingerprint density at radius 3 is 2.68 bits per heavy atom. The van der Waals surface area contributed by atoms with Crippen LogP contribution in [0, 0.1) is 6.92 Å². The summed E-state index contributed by atoms with van der Waals surface area (Å²) in [6.45, 7) is 4.60. The Morgan fingerprint density at radius 1 is 1.24 bits per heavy atom. The Hall–Kier alpha value is -2.38. The summed E-state index contributed by atoms with van der Waals surface area (Å²) in [6.07, 6.45) is -0.480. The molecule has 4 rings (SSSR count). The maximum absolute atomic E-state index is 12.6. The normalized spacial score (nSPS) is 19.8. The lowest BCUT2D eigenvalue weighted by atomic mass is 10.1. The van der Waals surface area contributed by atoms with E-state index in [-0.39, 0.29) is 5.56 Å². The number of nitrogens with zero attached hydrogens (tertiary/aromatic N) is 4. The van der Waals surface area contributed by atoms with Gasteiger partial charge in [-0.1, -0.05) is 23.7 Å². The number of hydrogen-bond donors (Lipinski definition) is 1. The highest BCUT2D eigenvalue weighted by Gasteiger charge is 2.28. The van der Waals surface area contributed by atoms with E-state index in [1.54, 1.807) is 23.6 Å². The summed E-state index contributed by atoms with van der Waals surface area (Å²) < 4.78 is 6.98. The van der Waals surface area contributed by atoms with Crippen molar-refractivity contribution in [3.63, 3.8) is 0 Å². The predicted octanol–water partition coefficient (Wildman–Crippen LogP) is 1.87. The van der Waals surface area contributed by atoms with Gasteiger partial charge in [0.15, 0.2) is 6.17 Å². The maximum atomic E-state index is 12.6. The largest absolute Gasteiger partial charge is 0.378 e. The molecule has 3 heterocycles. The van der Waals surface area contributed by atoms with Crippen molar-refractivity contribution in [1.29, 1.82) is 0 Å². The molecule has 1 saturated heterocycles. The lowest BCUT2D eigenvalue weighted by Gasteiger charge is -2.34. The monoisotopic (exact) mass is 359 g/mol. The van der Waals surface area contributed by atoms with Gasteiger partial charge in [-0.25, -0.2) is 9.98 Å². The number of halogens is 1. The fraction of sp³-hybridized carbons (Fsp3) is 0.353. The van der Waals surface area contributed by atoms with Crippen LogP contribution in [-0.4, -0.2) is 46.7 Å². The smallest absolute Gasteiger partial charge is 0.257 e. The molecular weight excluding hydrogens is 342 g/mol. The Kier molecular flexibility index (Phi) is 4.19. The van der Waals surface area contributed by atoms with Crippen molar-refractivity contribution >= 4 is 23.5 Å². The third-order valence-corrected chi connectivity index (χ3v) is 4.52. The van der Waals surface area contributed by atoms with Gasteiger partial charge in [0.05, 0.1) is 13.2 Å². The highest BCUT2D eigenvalue weighted by atomic mass is 35.5. The fourth-order valence-corrected chi connectivity index (χ4v) is 3.16. The zero-order valence-electron chi connectivity index (χ0n) is 13.8. The minimum absolute atomic E-state index is 0.139. The number of guanidine groups is 1. The Bertz CT molecular complexity index is 872. The molecule has 1 N–H and O–H groups in total. The van der Waals surface area contributed by atoms with Crippen LogP contribution < -0.4 is 10.9 Å². The number of morpholine rings is 1. The van der Waals surface area contributed by atoms with Gasteiger partial charge in [0.25, 0.3) is 5.56 Å². The second kappa shape index (κ2) is 6.50. The lowest BCUT2D eigenvalue weighted by molar-refractivity contribution is 0.0675. The minimum Gasteiger partial charge on any atom is -0.378 e. The van der Waals surface area contributed by atoms with Crippen molar-refractivity contribution < 1.29 is 4.74 Å². The van der Waals surface area contributed by atoms with E-state index in [2.05, 4.69) is 15.2 Å². The first kappa shape index (κ1) is 16.1. The third kappa shape index (κ3) is 3.12. The van der Waals surface area contributed by atoms with E-state index < -0.39 is 6.17 Å². The average molecular weight is 360 g/mol. The van der Waals surface area contributed by atoms with Crippen LogP contribution >= 0.6 is 11.6 Å². The number of ether oxygens (including phenoxy) is 1. The van der Waals surface area contributed by atoms with E-state index in [0.29, 0.717) is 35.8 Å². The standard InChI is InChI=1S/C17H18ClN5O2/c1-11-10-14(24)23-15(12-2-4-13(18)5-3-12)20-16(21-17(23)19-11)22-6-8-25-9-7-22/h2-5,10,15H,6-9H2,1H3,(H,19,20,21)/t15-/m1/s1. The number of aliphatic imine (C=N–C) groups is 1. The first-order valence-corrected chi connectivity index (χ1v) is 8.53. The van der Waals surface area contributed by atoms with Gasteiger partial charge in [0.2, 0.25) is 11.9 Å². The zero-order chi connectivity index (χ0) is 17.4. The number of anilines is 1. The zero-order valence-corrected chi connectivity index (χ0v) is 14.5. The van der Waals surface area contributed by atoms with Gasteiger partial charge in [-0.05, 0) is 24.6 Å². The quantitative estimate of drug-likeness (QED) is 0.841. The SMILES string of the molecule is Cc1cc(=O)n2c(n1)NC(N1CCOCC1)=N[C@H]2c1ccc(Cl)cc1. The van der Waals surface area contributed by atoms with Crippen LogP contribution in [0.4, 0.5) is 5.95 Å². The van der Waals surface area contributed by atoms with Crippen molar-refractivity contribution in [3.05, 3.63) is 57.0 Å². The van der Waals surface area contributed by atoms with Crippen molar-refractivity contribution in [2.75, 3.05) is 31.6 Å². The van der Waals surface area contributed by atoms with Gasteiger partial charge < -0.3 is 9.64 Å². The summed E-state index contributed by atoms with van der Waals surface area (Å²) in [7, 11) is 0. The molecule has 1 aromatic carbocycles. The summed E-state index contributed by atoms with van der Waals surface area (Å²) in [5, 5.41) is 3.85. The molecule has 0 unspecified atom stereocenters. The first-order chi connectivity index (χ1) is 12.1. The number of nitrogens with one attached hydrogen (secondary N) is 1. The van der Waals surface area contributed by atoms with Crippen molar-refractivity contribution in [2.45, 2.75) is 13.1 Å². The molecule has 0 saturated carbocycles. The van der Waals surface area contributed by atoms with Crippen LogP contribution in [0.5, 0.6) is 0 Å². The van der Waals surface area contributed by atoms with Crippen LogP contribution in [0.1, 0.15) is 17.4 Å². The molecule has 0 bridgehead atoms. The summed E-state index contributed by atoms with van der Waals surface area (Å²) in [5.74, 6) is 1.21. The summed E-state index contributed by atoms with van der Waals surface area (Å²) in [4.78, 5) is 24.0. The number of aryl methyl sites for hydroxylation is 1. The van der Waals surface area contributed by atoms with Crippen LogP contribution in [0.15, 0.2) is 40.1 Å². The molecule has 0 spiro atoms. The van der Waals surface area contributed by atoms with Gasteiger partial charge in [-0.3, -0.25) is 14.7 Å². The van der Waals surface area contributed by atoms with E-state index in [9.17, 15) is 4.79 Å². The average Bonchev–Trinajstić information content (AvgIpc) is 2.62. The van der Waals surface area contributed by atoms with E-state index in [4.69, 9.17) is 21.3 Å². The fourth-order valence-electron chi connectivity index (χ4n) is 3.03. The molecule has 2 aliphatic rings. The molecule has 2 aliphatic heterocycles. The van der Waals surface area contributed by atoms with Crippen molar-refractivity contribution in [3.8, 4) is 0 Å². The van der Waals surface area contributed by atoms with Crippen LogP contribution in [0.2, 0.25) is 5.02 Å². The van der Waals surface area contributed by atoms with Crippen molar-refractivity contribution in [1.82, 2.24) is 14.5 Å². The highest BCUT2D eigenvalue weighted by Crippen LogP contribution is 2.27. The molecule has 1 aromatic heterocycles. The number of benzene rings is 1. The molecule has 0 radical (unpaired) electrons. The highest BCUT2D eigenvalue weighted by molar-refractivity contribution is 6.30. The number of fused-ring (bicyclic) bond motifs is 1. The topological polar surface area (TPSA) is 71.8 Å². The van der Waals surface area contributed by atoms with E-state index in [1.807, 2.05) is 12.1 Å². The molecular formula is C17H18ClN5O2. The van der Waals surface area contributed by atoms with E-state index in [1.165, 1.54) is 6.07 Å². The predicted molar refractivity (Wildman–Crippen MR) is 96.3 cm³/mol. The first-order valence-electron chi connectivity index (χ1n) is 8.15. The second-order valence-electron chi connectivity index (χ2n) is 6.03. The van der Waals surface area contributed by atoms with Gasteiger partial charge >= 0.3 is 0 Å². The second-order valence-corrected chi connectivity index (χ2v) is 6.47.